The number of allylic oxidation sites excluding steroid dienone is 1. The van der Waals surface area contributed by atoms with Gasteiger partial charge < -0.3 is 10.6 Å². The molecule has 0 radical (unpaired) electrons. The molecule has 0 aliphatic heterocycles. The number of hydrogen-bond acceptors (Lipinski definition) is 3. The fourth-order valence-electron chi connectivity index (χ4n) is 1.29. The van der Waals surface area contributed by atoms with E-state index in [1.54, 1.807) is 20.0 Å². The van der Waals surface area contributed by atoms with E-state index in [1.165, 1.54) is 0 Å². The third-order valence-corrected chi connectivity index (χ3v) is 2.39. The standard InChI is InChI=1S/C10H16N2O2/c1-7(11-2)10(14)12-8-5-3-4-6-9(8)13/h4,6-8,11H,3,5H2,1-2H3,(H,12,14)/t7-,8-/m0/s1. The van der Waals surface area contributed by atoms with E-state index in [4.69, 9.17) is 0 Å². The van der Waals surface area contributed by atoms with Crippen LogP contribution in [0.3, 0.4) is 0 Å². The molecule has 0 fully saturated rings. The van der Waals surface area contributed by atoms with Gasteiger partial charge in [-0.3, -0.25) is 9.59 Å². The first kappa shape index (κ1) is 10.9. The van der Waals surface area contributed by atoms with Crippen LogP contribution in [-0.4, -0.2) is 30.8 Å². The van der Waals surface area contributed by atoms with Crippen LogP contribution in [-0.2, 0) is 9.59 Å². The van der Waals surface area contributed by atoms with Crippen molar-refractivity contribution in [2.24, 2.45) is 0 Å². The van der Waals surface area contributed by atoms with E-state index in [1.807, 2.05) is 6.08 Å². The number of carbonyl (C=O) groups excluding carboxylic acids is 2. The molecular weight excluding hydrogens is 180 g/mol. The zero-order valence-electron chi connectivity index (χ0n) is 8.54. The van der Waals surface area contributed by atoms with E-state index in [9.17, 15) is 9.59 Å². The third-order valence-electron chi connectivity index (χ3n) is 2.39. The number of carbonyl (C=O) groups is 2. The van der Waals surface area contributed by atoms with Gasteiger partial charge >= 0.3 is 0 Å². The van der Waals surface area contributed by atoms with Gasteiger partial charge in [-0.05, 0) is 32.9 Å². The molecule has 0 spiro atoms. The minimum atomic E-state index is -0.330. The van der Waals surface area contributed by atoms with E-state index in [0.717, 1.165) is 6.42 Å². The Hall–Kier alpha value is -1.16. The summed E-state index contributed by atoms with van der Waals surface area (Å²) in [7, 11) is 1.72. The van der Waals surface area contributed by atoms with Gasteiger partial charge in [0.25, 0.3) is 0 Å². The minimum absolute atomic E-state index is 0.00657. The highest BCUT2D eigenvalue weighted by molar-refractivity contribution is 5.98. The van der Waals surface area contributed by atoms with E-state index in [-0.39, 0.29) is 23.8 Å². The predicted octanol–water partition coefficient (Wildman–Crippen LogP) is -0.00180. The van der Waals surface area contributed by atoms with Gasteiger partial charge in [-0.15, -0.1) is 0 Å². The van der Waals surface area contributed by atoms with Crippen LogP contribution in [0.1, 0.15) is 19.8 Å². The summed E-state index contributed by atoms with van der Waals surface area (Å²) in [4.78, 5) is 22.8. The van der Waals surface area contributed by atoms with Gasteiger partial charge in [0.15, 0.2) is 5.78 Å². The first-order chi connectivity index (χ1) is 6.65. The minimum Gasteiger partial charge on any atom is -0.345 e. The lowest BCUT2D eigenvalue weighted by Gasteiger charge is -2.20. The third kappa shape index (κ3) is 2.67. The van der Waals surface area contributed by atoms with Crippen LogP contribution in [0.25, 0.3) is 0 Å². The zero-order valence-corrected chi connectivity index (χ0v) is 8.54. The van der Waals surface area contributed by atoms with Gasteiger partial charge in [0, 0.05) is 0 Å². The maximum atomic E-state index is 11.4. The Bertz CT molecular complexity index is 261. The van der Waals surface area contributed by atoms with E-state index >= 15 is 0 Å². The van der Waals surface area contributed by atoms with Crippen molar-refractivity contribution in [2.45, 2.75) is 31.8 Å². The fraction of sp³-hybridized carbons (Fsp3) is 0.600. The van der Waals surface area contributed by atoms with Gasteiger partial charge in [0.05, 0.1) is 12.1 Å². The van der Waals surface area contributed by atoms with Gasteiger partial charge in [-0.2, -0.15) is 0 Å². The van der Waals surface area contributed by atoms with Crippen molar-refractivity contribution < 1.29 is 9.59 Å². The highest BCUT2D eigenvalue weighted by atomic mass is 16.2. The zero-order chi connectivity index (χ0) is 10.6. The van der Waals surface area contributed by atoms with Crippen molar-refractivity contribution in [1.29, 1.82) is 0 Å². The van der Waals surface area contributed by atoms with Crippen molar-refractivity contribution in [3.63, 3.8) is 0 Å². The second kappa shape index (κ2) is 4.91. The van der Waals surface area contributed by atoms with Crippen LogP contribution in [0, 0.1) is 0 Å². The summed E-state index contributed by atoms with van der Waals surface area (Å²) in [5, 5.41) is 5.54. The summed E-state index contributed by atoms with van der Waals surface area (Å²) in [6.07, 6.45) is 4.94. The molecule has 0 aromatic rings. The average molecular weight is 196 g/mol. The van der Waals surface area contributed by atoms with Crippen LogP contribution in [0.2, 0.25) is 0 Å². The molecule has 4 nitrogen and oxygen atoms in total. The monoisotopic (exact) mass is 196 g/mol. The Morgan fingerprint density at radius 1 is 1.64 bits per heavy atom. The van der Waals surface area contributed by atoms with Crippen molar-refractivity contribution >= 4 is 11.7 Å². The Balaban J connectivity index is 2.48. The smallest absolute Gasteiger partial charge is 0.237 e. The normalized spacial score (nSPS) is 23.3. The van der Waals surface area contributed by atoms with E-state index < -0.39 is 0 Å². The summed E-state index contributed by atoms with van der Waals surface area (Å²) in [6, 6.07) is -0.586. The maximum Gasteiger partial charge on any atom is 0.237 e. The molecule has 2 atom stereocenters. The number of hydrogen-bond donors (Lipinski definition) is 2. The summed E-state index contributed by atoms with van der Waals surface area (Å²) < 4.78 is 0. The molecule has 78 valence electrons. The first-order valence-corrected chi connectivity index (χ1v) is 4.83. The summed E-state index contributed by atoms with van der Waals surface area (Å²) in [5.74, 6) is -0.131. The van der Waals surface area contributed by atoms with Crippen molar-refractivity contribution in [3.8, 4) is 0 Å². The number of amides is 1. The molecule has 2 N–H and O–H groups in total. The van der Waals surface area contributed by atoms with Crippen molar-refractivity contribution in [2.75, 3.05) is 7.05 Å². The molecule has 0 bridgehead atoms. The van der Waals surface area contributed by atoms with Crippen LogP contribution in [0.5, 0.6) is 0 Å². The molecule has 0 heterocycles. The van der Waals surface area contributed by atoms with Crippen molar-refractivity contribution in [3.05, 3.63) is 12.2 Å². The number of likely N-dealkylation sites (N-methyl/N-ethyl adjacent to an activating group) is 1. The molecule has 0 aromatic heterocycles. The SMILES string of the molecule is CN[C@@H](C)C(=O)N[C@H]1CCC=CC1=O. The lowest BCUT2D eigenvalue weighted by molar-refractivity contribution is -0.127. The predicted molar refractivity (Wildman–Crippen MR) is 53.8 cm³/mol. The van der Waals surface area contributed by atoms with Crippen LogP contribution in [0.4, 0.5) is 0 Å². The number of ketones is 1. The lowest BCUT2D eigenvalue weighted by atomic mass is 10.0. The second-order valence-corrected chi connectivity index (χ2v) is 3.45. The fourth-order valence-corrected chi connectivity index (χ4v) is 1.29. The molecule has 0 unspecified atom stereocenters. The molecular formula is C10H16N2O2. The molecule has 0 saturated heterocycles. The molecule has 0 aromatic carbocycles. The van der Waals surface area contributed by atoms with Gasteiger partial charge in [-0.25, -0.2) is 0 Å². The van der Waals surface area contributed by atoms with Gasteiger partial charge in [-0.1, -0.05) is 6.08 Å². The van der Waals surface area contributed by atoms with Crippen LogP contribution in [0.15, 0.2) is 12.2 Å². The highest BCUT2D eigenvalue weighted by Gasteiger charge is 2.22. The van der Waals surface area contributed by atoms with Gasteiger partial charge in [0.1, 0.15) is 0 Å². The average Bonchev–Trinajstić information content (AvgIpc) is 2.20. The summed E-state index contributed by atoms with van der Waals surface area (Å²) >= 11 is 0. The Labute approximate surface area is 83.8 Å². The lowest BCUT2D eigenvalue weighted by Crippen LogP contribution is -2.48. The Morgan fingerprint density at radius 2 is 2.36 bits per heavy atom. The first-order valence-electron chi connectivity index (χ1n) is 4.83. The Kier molecular flexibility index (Phi) is 3.83. The number of rotatable bonds is 3. The molecule has 1 amide bonds. The number of nitrogens with one attached hydrogen (secondary N) is 2. The molecule has 14 heavy (non-hydrogen) atoms. The molecule has 1 aliphatic rings. The molecule has 4 heteroatoms. The summed E-state index contributed by atoms with van der Waals surface area (Å²) in [5.41, 5.74) is 0. The van der Waals surface area contributed by atoms with Crippen LogP contribution < -0.4 is 10.6 Å². The van der Waals surface area contributed by atoms with Gasteiger partial charge in [0.2, 0.25) is 5.91 Å². The molecule has 1 aliphatic carbocycles. The van der Waals surface area contributed by atoms with E-state index in [2.05, 4.69) is 10.6 Å². The maximum absolute atomic E-state index is 11.4. The van der Waals surface area contributed by atoms with Crippen molar-refractivity contribution in [1.82, 2.24) is 10.6 Å². The quantitative estimate of drug-likeness (QED) is 0.668. The molecule has 0 saturated carbocycles. The highest BCUT2D eigenvalue weighted by Crippen LogP contribution is 2.07. The topological polar surface area (TPSA) is 58.2 Å². The van der Waals surface area contributed by atoms with Crippen LogP contribution >= 0.6 is 0 Å². The largest absolute Gasteiger partial charge is 0.345 e. The Morgan fingerprint density at radius 3 is 2.93 bits per heavy atom. The second-order valence-electron chi connectivity index (χ2n) is 3.45. The molecule has 1 rings (SSSR count). The summed E-state index contributed by atoms with van der Waals surface area (Å²) in [6.45, 7) is 1.76. The van der Waals surface area contributed by atoms with E-state index in [0.29, 0.717) is 6.42 Å².